The molecule has 2 aromatic rings. The number of nitrogens with zero attached hydrogens (tertiary/aromatic N) is 4. The lowest BCUT2D eigenvalue weighted by Crippen LogP contribution is -2.47. The fourth-order valence-corrected chi connectivity index (χ4v) is 4.28. The molecule has 1 amide bonds. The van der Waals surface area contributed by atoms with E-state index in [1.165, 1.54) is 23.9 Å². The van der Waals surface area contributed by atoms with E-state index in [9.17, 15) is 14.9 Å². The van der Waals surface area contributed by atoms with Crippen molar-refractivity contribution in [3.8, 4) is 0 Å². The third kappa shape index (κ3) is 4.44. The number of piperazine rings is 1. The van der Waals surface area contributed by atoms with Gasteiger partial charge >= 0.3 is 0 Å². The molecule has 2 aliphatic heterocycles. The zero-order chi connectivity index (χ0) is 20.4. The van der Waals surface area contributed by atoms with Gasteiger partial charge in [-0.15, -0.1) is 0 Å². The third-order valence-electron chi connectivity index (χ3n) is 4.75. The minimum atomic E-state index is -0.399. The molecular weight excluding hydrogens is 412 g/mol. The summed E-state index contributed by atoms with van der Waals surface area (Å²) in [5.41, 5.74) is 1.95. The van der Waals surface area contributed by atoms with Crippen molar-refractivity contribution in [2.75, 3.05) is 31.1 Å². The van der Waals surface area contributed by atoms with Crippen molar-refractivity contribution in [2.24, 2.45) is 4.99 Å². The fourth-order valence-electron chi connectivity index (χ4n) is 3.18. The molecule has 0 radical (unpaired) electrons. The Morgan fingerprint density at radius 2 is 1.62 bits per heavy atom. The maximum atomic E-state index is 12.3. The van der Waals surface area contributed by atoms with Crippen LogP contribution in [0.3, 0.4) is 0 Å². The van der Waals surface area contributed by atoms with Crippen LogP contribution in [0.2, 0.25) is 5.02 Å². The smallest absolute Gasteiger partial charge is 0.286 e. The molecule has 9 heteroatoms. The number of halogens is 1. The van der Waals surface area contributed by atoms with Crippen molar-refractivity contribution in [3.05, 3.63) is 74.1 Å². The van der Waals surface area contributed by atoms with E-state index in [0.717, 1.165) is 42.6 Å². The Labute approximate surface area is 176 Å². The largest absolute Gasteiger partial charge is 0.368 e. The predicted octanol–water partition coefficient (Wildman–Crippen LogP) is 4.04. The minimum absolute atomic E-state index is 0.0858. The van der Waals surface area contributed by atoms with Gasteiger partial charge in [0.2, 0.25) is 0 Å². The molecule has 2 heterocycles. The lowest BCUT2D eigenvalue weighted by molar-refractivity contribution is -0.384. The number of anilines is 1. The lowest BCUT2D eigenvalue weighted by atomic mass is 10.2. The fraction of sp³-hybridized carbons (Fsp3) is 0.200. The number of rotatable bonds is 3. The summed E-state index contributed by atoms with van der Waals surface area (Å²) in [6, 6.07) is 13.9. The Morgan fingerprint density at radius 3 is 2.24 bits per heavy atom. The van der Waals surface area contributed by atoms with Gasteiger partial charge in [-0.2, -0.15) is 4.99 Å². The number of nitro benzene ring substituents is 1. The van der Waals surface area contributed by atoms with Gasteiger partial charge in [0.25, 0.3) is 11.6 Å². The van der Waals surface area contributed by atoms with Gasteiger partial charge < -0.3 is 9.80 Å². The number of aliphatic imine (C=N–C) groups is 1. The molecule has 2 aliphatic rings. The first kappa shape index (κ1) is 19.5. The number of non-ortho nitro benzene ring substituents is 1. The van der Waals surface area contributed by atoms with E-state index in [-0.39, 0.29) is 11.6 Å². The van der Waals surface area contributed by atoms with Gasteiger partial charge in [-0.05, 0) is 47.7 Å². The van der Waals surface area contributed by atoms with Gasteiger partial charge in [-0.3, -0.25) is 14.9 Å². The summed E-state index contributed by atoms with van der Waals surface area (Å²) < 4.78 is 0. The number of benzene rings is 2. The molecular formula is C20H17ClN4O3S. The highest BCUT2D eigenvalue weighted by molar-refractivity contribution is 8.18. The van der Waals surface area contributed by atoms with Crippen LogP contribution in [-0.4, -0.2) is 47.1 Å². The number of thioether (sulfide) groups is 1. The van der Waals surface area contributed by atoms with Crippen LogP contribution in [0, 0.1) is 10.1 Å². The molecule has 7 nitrogen and oxygen atoms in total. The van der Waals surface area contributed by atoms with E-state index in [2.05, 4.69) is 14.8 Å². The van der Waals surface area contributed by atoms with Crippen molar-refractivity contribution >= 4 is 51.9 Å². The van der Waals surface area contributed by atoms with E-state index < -0.39 is 4.92 Å². The summed E-state index contributed by atoms with van der Waals surface area (Å²) in [6.07, 6.45) is 1.83. The predicted molar refractivity (Wildman–Crippen MR) is 116 cm³/mol. The topological polar surface area (TPSA) is 79.0 Å². The standard InChI is InChI=1S/C20H17ClN4O3S/c21-15-3-1-14(2-4-15)13-18-19(26)22-20(29-18)24-11-9-23(10-12-24)16-5-7-17(8-6-16)25(27)28/h1-8,13H,9-12H2/b18-13+. The first-order valence-electron chi connectivity index (χ1n) is 9.02. The molecule has 0 unspecified atom stereocenters. The number of amidine groups is 1. The second kappa shape index (κ2) is 8.26. The van der Waals surface area contributed by atoms with Crippen LogP contribution in [-0.2, 0) is 4.79 Å². The maximum Gasteiger partial charge on any atom is 0.286 e. The molecule has 0 atom stereocenters. The van der Waals surface area contributed by atoms with Crippen LogP contribution in [0.15, 0.2) is 58.4 Å². The van der Waals surface area contributed by atoms with Crippen LogP contribution in [0.4, 0.5) is 11.4 Å². The lowest BCUT2D eigenvalue weighted by Gasteiger charge is -2.36. The average molecular weight is 429 g/mol. The first-order valence-corrected chi connectivity index (χ1v) is 10.2. The number of carbonyl (C=O) groups excluding carboxylic acids is 1. The molecule has 0 spiro atoms. The Bertz CT molecular complexity index is 997. The molecule has 148 valence electrons. The molecule has 0 N–H and O–H groups in total. The van der Waals surface area contributed by atoms with Gasteiger partial charge in [0, 0.05) is 49.0 Å². The third-order valence-corrected chi connectivity index (χ3v) is 6.05. The quantitative estimate of drug-likeness (QED) is 0.417. The molecule has 0 aliphatic carbocycles. The van der Waals surface area contributed by atoms with E-state index in [0.29, 0.717) is 9.93 Å². The van der Waals surface area contributed by atoms with Gasteiger partial charge in [0.15, 0.2) is 5.17 Å². The van der Waals surface area contributed by atoms with E-state index in [1.807, 2.05) is 18.2 Å². The normalized spacial score (nSPS) is 18.3. The summed E-state index contributed by atoms with van der Waals surface area (Å²) in [5, 5.41) is 12.2. The molecule has 1 saturated heterocycles. The Balaban J connectivity index is 1.37. The number of hydrogen-bond acceptors (Lipinski definition) is 6. The highest BCUT2D eigenvalue weighted by Gasteiger charge is 2.28. The van der Waals surface area contributed by atoms with Crippen LogP contribution in [0.5, 0.6) is 0 Å². The second-order valence-corrected chi connectivity index (χ2v) is 8.05. The average Bonchev–Trinajstić information content (AvgIpc) is 3.10. The number of nitro groups is 1. The summed E-state index contributed by atoms with van der Waals surface area (Å²) in [5.74, 6) is -0.224. The van der Waals surface area contributed by atoms with Gasteiger partial charge in [0.1, 0.15) is 0 Å². The highest BCUT2D eigenvalue weighted by Crippen LogP contribution is 2.31. The maximum absolute atomic E-state index is 12.3. The second-order valence-electron chi connectivity index (χ2n) is 6.61. The van der Waals surface area contributed by atoms with Crippen molar-refractivity contribution < 1.29 is 9.72 Å². The molecule has 1 fully saturated rings. The zero-order valence-corrected chi connectivity index (χ0v) is 16.9. The number of carbonyl (C=O) groups is 1. The van der Waals surface area contributed by atoms with Crippen molar-refractivity contribution in [3.63, 3.8) is 0 Å². The van der Waals surface area contributed by atoms with Crippen LogP contribution in [0.1, 0.15) is 5.56 Å². The van der Waals surface area contributed by atoms with Gasteiger partial charge in [-0.25, -0.2) is 0 Å². The summed E-state index contributed by atoms with van der Waals surface area (Å²) in [6.45, 7) is 2.96. The molecule has 0 bridgehead atoms. The summed E-state index contributed by atoms with van der Waals surface area (Å²) >= 11 is 7.29. The zero-order valence-electron chi connectivity index (χ0n) is 15.3. The van der Waals surface area contributed by atoms with Crippen molar-refractivity contribution in [1.82, 2.24) is 4.90 Å². The molecule has 2 aromatic carbocycles. The van der Waals surface area contributed by atoms with Gasteiger partial charge in [-0.1, -0.05) is 23.7 Å². The van der Waals surface area contributed by atoms with Gasteiger partial charge in [0.05, 0.1) is 9.83 Å². The monoisotopic (exact) mass is 428 g/mol. The summed E-state index contributed by atoms with van der Waals surface area (Å²) in [7, 11) is 0. The minimum Gasteiger partial charge on any atom is -0.368 e. The van der Waals surface area contributed by atoms with E-state index in [1.54, 1.807) is 24.3 Å². The first-order chi connectivity index (χ1) is 14.0. The molecule has 0 aromatic heterocycles. The molecule has 0 saturated carbocycles. The molecule has 29 heavy (non-hydrogen) atoms. The van der Waals surface area contributed by atoms with Crippen LogP contribution >= 0.6 is 23.4 Å². The van der Waals surface area contributed by atoms with E-state index in [4.69, 9.17) is 11.6 Å². The SMILES string of the molecule is O=C1N=C(N2CCN(c3ccc([N+](=O)[O-])cc3)CC2)S/C1=C/c1ccc(Cl)cc1. The van der Waals surface area contributed by atoms with E-state index >= 15 is 0 Å². The van der Waals surface area contributed by atoms with Crippen molar-refractivity contribution in [2.45, 2.75) is 0 Å². The van der Waals surface area contributed by atoms with Crippen LogP contribution < -0.4 is 4.90 Å². The van der Waals surface area contributed by atoms with Crippen molar-refractivity contribution in [1.29, 1.82) is 0 Å². The molecule has 4 rings (SSSR count). The number of hydrogen-bond donors (Lipinski definition) is 0. The number of amides is 1. The summed E-state index contributed by atoms with van der Waals surface area (Å²) in [4.78, 5) is 31.8. The highest BCUT2D eigenvalue weighted by atomic mass is 35.5. The Morgan fingerprint density at radius 1 is 1.00 bits per heavy atom. The van der Waals surface area contributed by atoms with Crippen LogP contribution in [0.25, 0.3) is 6.08 Å². The Kier molecular flexibility index (Phi) is 5.55. The Hall–Kier alpha value is -2.84.